The van der Waals surface area contributed by atoms with E-state index in [9.17, 15) is 4.79 Å². The summed E-state index contributed by atoms with van der Waals surface area (Å²) in [5, 5.41) is 6.63. The zero-order chi connectivity index (χ0) is 21.0. The lowest BCUT2D eigenvalue weighted by molar-refractivity contribution is 0.238. The average Bonchev–Trinajstić information content (AvgIpc) is 2.70. The Balaban J connectivity index is 1.50. The van der Waals surface area contributed by atoms with Gasteiger partial charge in [-0.25, -0.2) is 9.78 Å². The molecule has 2 N–H and O–H groups in total. The maximum absolute atomic E-state index is 12.6. The number of amides is 2. The second-order valence-electron chi connectivity index (χ2n) is 8.14. The fraction of sp³-hybridized carbons (Fsp3) is 0.500. The van der Waals surface area contributed by atoms with Crippen molar-refractivity contribution in [3.63, 3.8) is 0 Å². The van der Waals surface area contributed by atoms with Gasteiger partial charge in [0.15, 0.2) is 0 Å². The standard InChI is InChI=1S/C22H32N6O/c1-15-7-6-8-19(13-15)28(5)22(29)25-18-11-9-17(10-12-18)24-21-23-14-16(2)20(26-21)27(3)4/h6-8,13-14,17-18H,9-12H2,1-5H3,(H,25,29)(H,23,24,26). The van der Waals surface area contributed by atoms with E-state index in [-0.39, 0.29) is 12.1 Å². The predicted molar refractivity (Wildman–Crippen MR) is 119 cm³/mol. The number of benzene rings is 1. The number of carbonyl (C=O) groups is 1. The Hall–Kier alpha value is -2.83. The molecule has 2 aromatic rings. The lowest BCUT2D eigenvalue weighted by atomic mass is 9.91. The molecule has 1 saturated carbocycles. The fourth-order valence-corrected chi connectivity index (χ4v) is 3.75. The molecule has 0 saturated heterocycles. The largest absolute Gasteiger partial charge is 0.362 e. The summed E-state index contributed by atoms with van der Waals surface area (Å²) in [4.78, 5) is 25.3. The maximum Gasteiger partial charge on any atom is 0.321 e. The average molecular weight is 397 g/mol. The summed E-state index contributed by atoms with van der Waals surface area (Å²) in [6.07, 6.45) is 5.70. The normalized spacial score (nSPS) is 18.8. The van der Waals surface area contributed by atoms with Crippen LogP contribution < -0.4 is 20.4 Å². The monoisotopic (exact) mass is 396 g/mol. The number of carbonyl (C=O) groups excluding carboxylic acids is 1. The Morgan fingerprint density at radius 3 is 2.41 bits per heavy atom. The topological polar surface area (TPSA) is 73.4 Å². The predicted octanol–water partition coefficient (Wildman–Crippen LogP) is 3.73. The number of anilines is 3. The molecule has 0 bridgehead atoms. The van der Waals surface area contributed by atoms with Crippen molar-refractivity contribution < 1.29 is 4.79 Å². The van der Waals surface area contributed by atoms with Crippen LogP contribution in [0.5, 0.6) is 0 Å². The molecule has 0 atom stereocenters. The van der Waals surface area contributed by atoms with Gasteiger partial charge in [-0.2, -0.15) is 4.98 Å². The molecular weight excluding hydrogens is 364 g/mol. The van der Waals surface area contributed by atoms with Crippen molar-refractivity contribution in [1.82, 2.24) is 15.3 Å². The summed E-state index contributed by atoms with van der Waals surface area (Å²) in [5.74, 6) is 1.61. The Morgan fingerprint density at radius 1 is 1.07 bits per heavy atom. The molecule has 0 unspecified atom stereocenters. The zero-order valence-corrected chi connectivity index (χ0v) is 18.1. The molecule has 1 aliphatic carbocycles. The molecule has 0 radical (unpaired) electrons. The smallest absolute Gasteiger partial charge is 0.321 e. The number of nitrogens with zero attached hydrogens (tertiary/aromatic N) is 4. The molecular formula is C22H32N6O. The van der Waals surface area contributed by atoms with Crippen molar-refractivity contribution in [2.45, 2.75) is 51.6 Å². The van der Waals surface area contributed by atoms with E-state index < -0.39 is 0 Å². The van der Waals surface area contributed by atoms with Gasteiger partial charge in [-0.1, -0.05) is 12.1 Å². The van der Waals surface area contributed by atoms with Crippen LogP contribution in [-0.4, -0.2) is 49.2 Å². The van der Waals surface area contributed by atoms with E-state index in [1.807, 2.05) is 70.4 Å². The summed E-state index contributed by atoms with van der Waals surface area (Å²) in [6.45, 7) is 4.05. The van der Waals surface area contributed by atoms with Crippen LogP contribution in [0.25, 0.3) is 0 Å². The minimum Gasteiger partial charge on any atom is -0.362 e. The quantitative estimate of drug-likeness (QED) is 0.806. The molecule has 2 amide bonds. The first-order chi connectivity index (χ1) is 13.8. The molecule has 156 valence electrons. The second-order valence-corrected chi connectivity index (χ2v) is 8.14. The van der Waals surface area contributed by atoms with E-state index in [4.69, 9.17) is 0 Å². The molecule has 1 heterocycles. The summed E-state index contributed by atoms with van der Waals surface area (Å²) >= 11 is 0. The molecule has 0 spiro atoms. The first-order valence-corrected chi connectivity index (χ1v) is 10.2. The van der Waals surface area contributed by atoms with Crippen LogP contribution in [0.15, 0.2) is 30.5 Å². The van der Waals surface area contributed by atoms with Crippen LogP contribution in [0.3, 0.4) is 0 Å². The first-order valence-electron chi connectivity index (χ1n) is 10.2. The van der Waals surface area contributed by atoms with Crippen molar-refractivity contribution in [3.05, 3.63) is 41.6 Å². The van der Waals surface area contributed by atoms with E-state index in [2.05, 4.69) is 20.6 Å². The van der Waals surface area contributed by atoms with Crippen molar-refractivity contribution in [3.8, 4) is 0 Å². The van der Waals surface area contributed by atoms with Gasteiger partial charge in [0.05, 0.1) is 0 Å². The minimum absolute atomic E-state index is 0.0514. The van der Waals surface area contributed by atoms with Crippen LogP contribution in [-0.2, 0) is 0 Å². The van der Waals surface area contributed by atoms with E-state index in [1.54, 1.807) is 4.90 Å². The number of hydrogen-bond donors (Lipinski definition) is 2. The van der Waals surface area contributed by atoms with Crippen molar-refractivity contribution >= 4 is 23.5 Å². The highest BCUT2D eigenvalue weighted by atomic mass is 16.2. The highest BCUT2D eigenvalue weighted by Crippen LogP contribution is 2.23. The number of urea groups is 1. The third-order valence-electron chi connectivity index (χ3n) is 5.45. The third kappa shape index (κ3) is 5.37. The SMILES string of the molecule is Cc1cccc(N(C)C(=O)NC2CCC(Nc3ncc(C)c(N(C)C)n3)CC2)c1. The molecule has 29 heavy (non-hydrogen) atoms. The number of nitrogens with one attached hydrogen (secondary N) is 2. The second kappa shape index (κ2) is 9.11. The third-order valence-corrected chi connectivity index (χ3v) is 5.45. The van der Waals surface area contributed by atoms with Crippen molar-refractivity contribution in [2.75, 3.05) is 36.3 Å². The van der Waals surface area contributed by atoms with Gasteiger partial charge in [0.1, 0.15) is 5.82 Å². The van der Waals surface area contributed by atoms with Gasteiger partial charge in [0.25, 0.3) is 0 Å². The molecule has 1 aromatic carbocycles. The molecule has 7 heteroatoms. The zero-order valence-electron chi connectivity index (χ0n) is 18.1. The van der Waals surface area contributed by atoms with Crippen LogP contribution >= 0.6 is 0 Å². The molecule has 1 aliphatic rings. The lowest BCUT2D eigenvalue weighted by Gasteiger charge is -2.31. The van der Waals surface area contributed by atoms with Gasteiger partial charge in [-0.3, -0.25) is 4.90 Å². The van der Waals surface area contributed by atoms with Gasteiger partial charge < -0.3 is 15.5 Å². The van der Waals surface area contributed by atoms with Crippen LogP contribution in [0.1, 0.15) is 36.8 Å². The number of rotatable bonds is 5. The molecule has 0 aliphatic heterocycles. The summed E-state index contributed by atoms with van der Waals surface area (Å²) in [5.41, 5.74) is 3.11. The van der Waals surface area contributed by atoms with Gasteiger partial charge in [-0.15, -0.1) is 0 Å². The lowest BCUT2D eigenvalue weighted by Crippen LogP contribution is -2.45. The highest BCUT2D eigenvalue weighted by Gasteiger charge is 2.24. The van der Waals surface area contributed by atoms with Gasteiger partial charge in [0.2, 0.25) is 5.95 Å². The van der Waals surface area contributed by atoms with Crippen LogP contribution in [0.2, 0.25) is 0 Å². The van der Waals surface area contributed by atoms with E-state index in [0.717, 1.165) is 48.3 Å². The van der Waals surface area contributed by atoms with Crippen LogP contribution in [0, 0.1) is 13.8 Å². The van der Waals surface area contributed by atoms with Crippen molar-refractivity contribution in [2.24, 2.45) is 0 Å². The molecule has 1 aromatic heterocycles. The van der Waals surface area contributed by atoms with Crippen LogP contribution in [0.4, 0.5) is 22.2 Å². The number of aromatic nitrogens is 2. The van der Waals surface area contributed by atoms with E-state index in [0.29, 0.717) is 12.0 Å². The first kappa shape index (κ1) is 20.9. The summed E-state index contributed by atoms with van der Waals surface area (Å²) in [7, 11) is 5.79. The summed E-state index contributed by atoms with van der Waals surface area (Å²) in [6, 6.07) is 8.45. The number of hydrogen-bond acceptors (Lipinski definition) is 5. The maximum atomic E-state index is 12.6. The molecule has 7 nitrogen and oxygen atoms in total. The van der Waals surface area contributed by atoms with Crippen molar-refractivity contribution in [1.29, 1.82) is 0 Å². The molecule has 3 rings (SSSR count). The fourth-order valence-electron chi connectivity index (χ4n) is 3.75. The van der Waals surface area contributed by atoms with Gasteiger partial charge in [0, 0.05) is 50.7 Å². The van der Waals surface area contributed by atoms with Gasteiger partial charge >= 0.3 is 6.03 Å². The highest BCUT2D eigenvalue weighted by molar-refractivity contribution is 5.91. The van der Waals surface area contributed by atoms with E-state index >= 15 is 0 Å². The number of aryl methyl sites for hydroxylation is 2. The molecule has 1 fully saturated rings. The minimum atomic E-state index is -0.0514. The Bertz CT molecular complexity index is 845. The summed E-state index contributed by atoms with van der Waals surface area (Å²) < 4.78 is 0. The van der Waals surface area contributed by atoms with Gasteiger partial charge in [-0.05, 0) is 57.2 Å². The Morgan fingerprint density at radius 2 is 1.76 bits per heavy atom. The Kier molecular flexibility index (Phi) is 6.56. The Labute approximate surface area is 173 Å². The van der Waals surface area contributed by atoms with E-state index in [1.165, 1.54) is 0 Å².